The van der Waals surface area contributed by atoms with Crippen LogP contribution in [0.4, 0.5) is 5.69 Å². The van der Waals surface area contributed by atoms with E-state index < -0.39 is 5.97 Å². The topological polar surface area (TPSA) is 82.5 Å². The van der Waals surface area contributed by atoms with Crippen molar-refractivity contribution in [1.82, 2.24) is 4.98 Å². The molecule has 0 aliphatic heterocycles. The highest BCUT2D eigenvalue weighted by molar-refractivity contribution is 5.93. The SMILES string of the molecule is O=C(O)c1cnccc1NCCc1ccc(O)cc1. The standard InChI is InChI=1S/C14H14N2O3/c17-11-3-1-10(2-4-11)5-8-16-13-6-7-15-9-12(13)14(18)19/h1-4,6-7,9,17H,5,8H2,(H,15,16)(H,18,19). The van der Waals surface area contributed by atoms with Crippen LogP contribution in [0.2, 0.25) is 0 Å². The summed E-state index contributed by atoms with van der Waals surface area (Å²) >= 11 is 0. The first-order chi connectivity index (χ1) is 9.16. The van der Waals surface area contributed by atoms with E-state index in [0.29, 0.717) is 12.2 Å². The maximum Gasteiger partial charge on any atom is 0.339 e. The first kappa shape index (κ1) is 12.9. The van der Waals surface area contributed by atoms with Crippen molar-refractivity contribution in [2.45, 2.75) is 6.42 Å². The van der Waals surface area contributed by atoms with Gasteiger partial charge in [0.25, 0.3) is 0 Å². The number of aromatic carboxylic acids is 1. The van der Waals surface area contributed by atoms with Gasteiger partial charge in [0, 0.05) is 18.9 Å². The molecule has 1 aromatic heterocycles. The lowest BCUT2D eigenvalue weighted by atomic mass is 10.1. The summed E-state index contributed by atoms with van der Waals surface area (Å²) in [6, 6.07) is 8.57. The first-order valence-corrected chi connectivity index (χ1v) is 5.86. The van der Waals surface area contributed by atoms with Crippen LogP contribution in [0.1, 0.15) is 15.9 Å². The highest BCUT2D eigenvalue weighted by atomic mass is 16.4. The molecule has 0 fully saturated rings. The number of rotatable bonds is 5. The molecule has 5 heteroatoms. The third-order valence-corrected chi connectivity index (χ3v) is 2.72. The van der Waals surface area contributed by atoms with E-state index in [-0.39, 0.29) is 11.3 Å². The number of aromatic hydroxyl groups is 1. The molecule has 98 valence electrons. The van der Waals surface area contributed by atoms with Crippen molar-refractivity contribution in [3.63, 3.8) is 0 Å². The number of carboxylic acids is 1. The quantitative estimate of drug-likeness (QED) is 0.765. The lowest BCUT2D eigenvalue weighted by molar-refractivity contribution is 0.0697. The van der Waals surface area contributed by atoms with Gasteiger partial charge in [-0.05, 0) is 30.2 Å². The van der Waals surface area contributed by atoms with E-state index >= 15 is 0 Å². The Bertz CT molecular complexity index is 567. The van der Waals surface area contributed by atoms with Gasteiger partial charge in [-0.15, -0.1) is 0 Å². The number of hydrogen-bond donors (Lipinski definition) is 3. The van der Waals surface area contributed by atoms with Gasteiger partial charge < -0.3 is 15.5 Å². The van der Waals surface area contributed by atoms with Crippen LogP contribution in [-0.4, -0.2) is 27.7 Å². The molecule has 0 aliphatic rings. The van der Waals surface area contributed by atoms with Gasteiger partial charge >= 0.3 is 5.97 Å². The van der Waals surface area contributed by atoms with Crippen LogP contribution in [0.25, 0.3) is 0 Å². The molecule has 19 heavy (non-hydrogen) atoms. The summed E-state index contributed by atoms with van der Waals surface area (Å²) in [5, 5.41) is 21.2. The number of anilines is 1. The Labute approximate surface area is 110 Å². The van der Waals surface area contributed by atoms with Crippen molar-refractivity contribution >= 4 is 11.7 Å². The fourth-order valence-electron chi connectivity index (χ4n) is 1.72. The summed E-state index contributed by atoms with van der Waals surface area (Å²) in [4.78, 5) is 14.8. The number of phenolic OH excluding ortho intramolecular Hbond substituents is 1. The number of phenols is 1. The normalized spacial score (nSPS) is 10.1. The van der Waals surface area contributed by atoms with Crippen molar-refractivity contribution in [2.24, 2.45) is 0 Å². The van der Waals surface area contributed by atoms with Crippen LogP contribution in [-0.2, 0) is 6.42 Å². The smallest absolute Gasteiger partial charge is 0.339 e. The van der Waals surface area contributed by atoms with Gasteiger partial charge in [-0.25, -0.2) is 4.79 Å². The zero-order valence-corrected chi connectivity index (χ0v) is 10.2. The highest BCUT2D eigenvalue weighted by Crippen LogP contribution is 2.14. The molecule has 1 aromatic carbocycles. The Morgan fingerprint density at radius 3 is 2.63 bits per heavy atom. The predicted molar refractivity (Wildman–Crippen MR) is 71.5 cm³/mol. The zero-order chi connectivity index (χ0) is 13.7. The average molecular weight is 258 g/mol. The number of pyridine rings is 1. The number of aromatic nitrogens is 1. The monoisotopic (exact) mass is 258 g/mol. The van der Waals surface area contributed by atoms with Crippen molar-refractivity contribution in [3.8, 4) is 5.75 Å². The fraction of sp³-hybridized carbons (Fsp3) is 0.143. The number of nitrogens with zero attached hydrogens (tertiary/aromatic N) is 1. The largest absolute Gasteiger partial charge is 0.508 e. The van der Waals surface area contributed by atoms with Gasteiger partial charge in [0.05, 0.1) is 5.69 Å². The molecule has 0 saturated heterocycles. The molecule has 0 amide bonds. The Hall–Kier alpha value is -2.56. The van der Waals surface area contributed by atoms with Gasteiger partial charge in [-0.1, -0.05) is 12.1 Å². The summed E-state index contributed by atoms with van der Waals surface area (Å²) in [5.41, 5.74) is 1.78. The van der Waals surface area contributed by atoms with Gasteiger partial charge in [0.2, 0.25) is 0 Å². The summed E-state index contributed by atoms with van der Waals surface area (Å²) in [6.07, 6.45) is 3.61. The predicted octanol–water partition coefficient (Wildman–Crippen LogP) is 2.14. The molecule has 2 aromatic rings. The van der Waals surface area contributed by atoms with E-state index in [0.717, 1.165) is 12.0 Å². The van der Waals surface area contributed by atoms with Gasteiger partial charge in [0.15, 0.2) is 0 Å². The van der Waals surface area contributed by atoms with E-state index in [2.05, 4.69) is 10.3 Å². The fourth-order valence-corrected chi connectivity index (χ4v) is 1.72. The molecular weight excluding hydrogens is 244 g/mol. The molecule has 5 nitrogen and oxygen atoms in total. The summed E-state index contributed by atoms with van der Waals surface area (Å²) < 4.78 is 0. The minimum absolute atomic E-state index is 0.160. The van der Waals surface area contributed by atoms with Crippen molar-refractivity contribution in [1.29, 1.82) is 0 Å². The molecule has 0 aliphatic carbocycles. The van der Waals surface area contributed by atoms with E-state index in [4.69, 9.17) is 10.2 Å². The van der Waals surface area contributed by atoms with Crippen LogP contribution in [0.5, 0.6) is 5.75 Å². The number of nitrogens with one attached hydrogen (secondary N) is 1. The number of carboxylic acid groups (broad SMARTS) is 1. The zero-order valence-electron chi connectivity index (χ0n) is 10.2. The van der Waals surface area contributed by atoms with Gasteiger partial charge in [-0.2, -0.15) is 0 Å². The Morgan fingerprint density at radius 1 is 1.21 bits per heavy atom. The second-order valence-electron chi connectivity index (χ2n) is 4.07. The second kappa shape index (κ2) is 5.86. The van der Waals surface area contributed by atoms with E-state index in [1.807, 2.05) is 12.1 Å². The summed E-state index contributed by atoms with van der Waals surface area (Å²) in [7, 11) is 0. The van der Waals surface area contributed by atoms with Crippen LogP contribution in [0.15, 0.2) is 42.7 Å². The number of hydrogen-bond acceptors (Lipinski definition) is 4. The molecule has 3 N–H and O–H groups in total. The molecule has 0 atom stereocenters. The van der Waals surface area contributed by atoms with Crippen LogP contribution < -0.4 is 5.32 Å². The number of benzene rings is 1. The second-order valence-corrected chi connectivity index (χ2v) is 4.07. The maximum atomic E-state index is 11.0. The Kier molecular flexibility index (Phi) is 3.97. The van der Waals surface area contributed by atoms with E-state index in [1.165, 1.54) is 6.20 Å². The van der Waals surface area contributed by atoms with E-state index in [9.17, 15) is 4.79 Å². The molecule has 0 spiro atoms. The third-order valence-electron chi connectivity index (χ3n) is 2.72. The van der Waals surface area contributed by atoms with Gasteiger partial charge in [0.1, 0.15) is 11.3 Å². The van der Waals surface area contributed by atoms with Crippen LogP contribution >= 0.6 is 0 Å². The van der Waals surface area contributed by atoms with Crippen molar-refractivity contribution in [3.05, 3.63) is 53.9 Å². The summed E-state index contributed by atoms with van der Waals surface area (Å²) in [6.45, 7) is 0.606. The molecular formula is C14H14N2O3. The van der Waals surface area contributed by atoms with Crippen LogP contribution in [0, 0.1) is 0 Å². The van der Waals surface area contributed by atoms with Crippen molar-refractivity contribution in [2.75, 3.05) is 11.9 Å². The lowest BCUT2D eigenvalue weighted by Gasteiger charge is -2.09. The first-order valence-electron chi connectivity index (χ1n) is 5.86. The molecule has 0 bridgehead atoms. The minimum atomic E-state index is -1.000. The molecule has 2 rings (SSSR count). The molecule has 0 saturated carbocycles. The Balaban J connectivity index is 1.96. The number of carbonyl (C=O) groups is 1. The third kappa shape index (κ3) is 3.45. The highest BCUT2D eigenvalue weighted by Gasteiger charge is 2.08. The molecule has 0 radical (unpaired) electrons. The lowest BCUT2D eigenvalue weighted by Crippen LogP contribution is -2.09. The summed E-state index contributed by atoms with van der Waals surface area (Å²) in [5.74, 6) is -0.765. The van der Waals surface area contributed by atoms with Gasteiger partial charge in [-0.3, -0.25) is 4.98 Å². The van der Waals surface area contributed by atoms with Crippen LogP contribution in [0.3, 0.4) is 0 Å². The average Bonchev–Trinajstić information content (AvgIpc) is 2.41. The maximum absolute atomic E-state index is 11.0. The minimum Gasteiger partial charge on any atom is -0.508 e. The Morgan fingerprint density at radius 2 is 1.95 bits per heavy atom. The van der Waals surface area contributed by atoms with E-state index in [1.54, 1.807) is 24.4 Å². The molecule has 1 heterocycles. The molecule has 0 unspecified atom stereocenters. The van der Waals surface area contributed by atoms with Crippen molar-refractivity contribution < 1.29 is 15.0 Å².